The molecule has 1 aliphatic carbocycles. The molecule has 0 bridgehead atoms. The Morgan fingerprint density at radius 1 is 1.11 bits per heavy atom. The lowest BCUT2D eigenvalue weighted by Gasteiger charge is -2.23. The molecule has 0 radical (unpaired) electrons. The molecular formula is C20H23BrClN4O2+. The predicted molar refractivity (Wildman–Crippen MR) is 122 cm³/mol. The quantitative estimate of drug-likeness (QED) is 0.269. The molecule has 0 amide bonds. The number of ketones is 1. The zero-order valence-electron chi connectivity index (χ0n) is 16.1. The highest BCUT2D eigenvalue weighted by Crippen LogP contribution is 2.40. The lowest BCUT2D eigenvalue weighted by atomic mass is 9.90. The fourth-order valence-corrected chi connectivity index (χ4v) is 3.24. The van der Waals surface area contributed by atoms with Gasteiger partial charge >= 0.3 is 0 Å². The number of quaternary nitrogens is 1. The number of aliphatic imine (C=N–C) groups is 1. The van der Waals surface area contributed by atoms with Crippen LogP contribution in [-0.2, 0) is 0 Å². The third kappa shape index (κ3) is 4.22. The summed E-state index contributed by atoms with van der Waals surface area (Å²) >= 11 is 7.85. The van der Waals surface area contributed by atoms with E-state index in [0.717, 1.165) is 5.69 Å². The molecule has 28 heavy (non-hydrogen) atoms. The van der Waals surface area contributed by atoms with Crippen molar-refractivity contribution in [2.45, 2.75) is 0 Å². The molecule has 8 heteroatoms. The van der Waals surface area contributed by atoms with Gasteiger partial charge in [0.2, 0.25) is 5.78 Å². The third-order valence-electron chi connectivity index (χ3n) is 4.18. The first kappa shape index (κ1) is 21.9. The summed E-state index contributed by atoms with van der Waals surface area (Å²) in [7, 11) is 6.15. The third-order valence-corrected chi connectivity index (χ3v) is 4.78. The Kier molecular flexibility index (Phi) is 6.54. The van der Waals surface area contributed by atoms with Crippen molar-refractivity contribution in [2.75, 3.05) is 33.3 Å². The molecule has 2 aromatic carbocycles. The number of rotatable bonds is 2. The Balaban J connectivity index is 0.00000136. The van der Waals surface area contributed by atoms with Crippen LogP contribution >= 0.6 is 27.5 Å². The number of nitrogens with zero attached hydrogens (tertiary/aromatic N) is 2. The van der Waals surface area contributed by atoms with E-state index in [0.29, 0.717) is 14.6 Å². The molecule has 3 rings (SSSR count). The second-order valence-electron chi connectivity index (χ2n) is 7.00. The first-order valence-electron chi connectivity index (χ1n) is 8.31. The van der Waals surface area contributed by atoms with E-state index < -0.39 is 0 Å². The summed E-state index contributed by atoms with van der Waals surface area (Å²) in [6, 6.07) is 9.12. The van der Waals surface area contributed by atoms with Gasteiger partial charge in [-0.15, -0.1) is 11.6 Å². The molecule has 0 spiro atoms. The van der Waals surface area contributed by atoms with Crippen LogP contribution in [0.2, 0.25) is 0 Å². The highest BCUT2D eigenvalue weighted by molar-refractivity contribution is 9.10. The molecule has 1 aliphatic rings. The van der Waals surface area contributed by atoms with Gasteiger partial charge in [-0.2, -0.15) is 0 Å². The van der Waals surface area contributed by atoms with Crippen LogP contribution in [0.4, 0.5) is 17.1 Å². The number of allylic oxidation sites excluding steroid dienone is 1. The molecule has 2 aromatic rings. The summed E-state index contributed by atoms with van der Waals surface area (Å²) in [6.07, 6.45) is 2.94. The topological polar surface area (TPSA) is 102 Å². The number of nitrogen functional groups attached to an aromatic ring is 1. The summed E-state index contributed by atoms with van der Waals surface area (Å²) in [5.74, 6) is -0.479. The Labute approximate surface area is 177 Å². The standard InChI is InChI=1S/C19H19BrN4O2.CH3Cl/c1-24(2,3)11-6-4-5-10(7-11)23-15-9-14(22)16-17(19(15)26)13(21)8-12(20)18(16)25;1-2/h4-9H,1-3H3,(H4-,21,22,23,25,26);1H3/p+1. The van der Waals surface area contributed by atoms with Crippen LogP contribution in [0.1, 0.15) is 15.9 Å². The minimum absolute atomic E-state index is 0.109. The molecular weight excluding hydrogens is 444 g/mol. The molecule has 0 aromatic heterocycles. The van der Waals surface area contributed by atoms with E-state index >= 15 is 0 Å². The van der Waals surface area contributed by atoms with Gasteiger partial charge in [0, 0.05) is 23.8 Å². The normalized spacial score (nSPS) is 14.9. The number of alkyl halides is 1. The van der Waals surface area contributed by atoms with Gasteiger partial charge in [-0.3, -0.25) is 9.28 Å². The monoisotopic (exact) mass is 465 g/mol. The van der Waals surface area contributed by atoms with Gasteiger partial charge in [-0.05, 0) is 40.2 Å². The molecule has 148 valence electrons. The van der Waals surface area contributed by atoms with E-state index in [4.69, 9.17) is 11.5 Å². The molecule has 0 saturated heterocycles. The number of carbonyl (C=O) groups is 1. The van der Waals surface area contributed by atoms with Crippen LogP contribution in [-0.4, -0.2) is 44.1 Å². The van der Waals surface area contributed by atoms with E-state index in [1.165, 1.54) is 18.5 Å². The lowest BCUT2D eigenvalue weighted by Crippen LogP contribution is -2.34. The zero-order chi connectivity index (χ0) is 21.2. The number of fused-ring (bicyclic) bond motifs is 1. The van der Waals surface area contributed by atoms with E-state index in [1.54, 1.807) is 0 Å². The molecule has 0 heterocycles. The van der Waals surface area contributed by atoms with Gasteiger partial charge in [0.05, 0.1) is 42.4 Å². The van der Waals surface area contributed by atoms with Gasteiger partial charge < -0.3 is 16.6 Å². The number of nitrogens with two attached hydrogens (primary N) is 2. The van der Waals surface area contributed by atoms with E-state index in [2.05, 4.69) is 32.5 Å². The van der Waals surface area contributed by atoms with Crippen LogP contribution in [0.3, 0.4) is 0 Å². The first-order valence-corrected chi connectivity index (χ1v) is 9.86. The van der Waals surface area contributed by atoms with Crippen molar-refractivity contribution < 1.29 is 9.90 Å². The van der Waals surface area contributed by atoms with Crippen LogP contribution in [0.15, 0.2) is 45.9 Å². The smallest absolute Gasteiger partial charge is 0.214 e. The van der Waals surface area contributed by atoms with Gasteiger partial charge in [-0.1, -0.05) is 6.07 Å². The Morgan fingerprint density at radius 2 is 1.75 bits per heavy atom. The van der Waals surface area contributed by atoms with Crippen LogP contribution in [0, 0.1) is 0 Å². The van der Waals surface area contributed by atoms with Crippen molar-refractivity contribution in [3.63, 3.8) is 0 Å². The van der Waals surface area contributed by atoms with Gasteiger partial charge in [0.1, 0.15) is 17.1 Å². The number of benzene rings is 2. The van der Waals surface area contributed by atoms with Crippen molar-refractivity contribution >= 4 is 61.8 Å². The Morgan fingerprint density at radius 3 is 2.36 bits per heavy atom. The predicted octanol–water partition coefficient (Wildman–Crippen LogP) is 4.06. The number of halogens is 2. The maximum absolute atomic E-state index is 12.9. The lowest BCUT2D eigenvalue weighted by molar-refractivity contribution is 0.106. The van der Waals surface area contributed by atoms with Crippen molar-refractivity contribution in [1.29, 1.82) is 0 Å². The maximum Gasteiger partial charge on any atom is 0.214 e. The molecule has 6 nitrogen and oxygen atoms in total. The molecule has 0 aliphatic heterocycles. The van der Waals surface area contributed by atoms with Crippen LogP contribution < -0.4 is 16.0 Å². The minimum Gasteiger partial charge on any atom is -0.506 e. The maximum atomic E-state index is 12.9. The highest BCUT2D eigenvalue weighted by atomic mass is 79.9. The fraction of sp³-hybridized carbons (Fsp3) is 0.200. The summed E-state index contributed by atoms with van der Waals surface area (Å²) in [4.78, 5) is 17.4. The highest BCUT2D eigenvalue weighted by Gasteiger charge is 2.29. The first-order chi connectivity index (χ1) is 13.1. The summed E-state index contributed by atoms with van der Waals surface area (Å²) in [6.45, 7) is 0. The second kappa shape index (κ2) is 8.34. The Bertz CT molecular complexity index is 994. The number of hydrogen-bond acceptors (Lipinski definition) is 5. The van der Waals surface area contributed by atoms with Crippen LogP contribution in [0.25, 0.3) is 5.70 Å². The molecule has 0 atom stereocenters. The number of anilines is 1. The number of Topliss-reactive ketones (excluding diaryl/α,β-unsaturated/α-hetero) is 1. The zero-order valence-corrected chi connectivity index (χ0v) is 18.5. The summed E-state index contributed by atoms with van der Waals surface area (Å²) in [5, 5.41) is 10.2. The second-order valence-corrected chi connectivity index (χ2v) is 7.86. The van der Waals surface area contributed by atoms with Gasteiger partial charge in [-0.25, -0.2) is 4.99 Å². The molecule has 0 saturated carbocycles. The average Bonchev–Trinajstić information content (AvgIpc) is 2.63. The summed E-state index contributed by atoms with van der Waals surface area (Å²) in [5.41, 5.74) is 14.8. The fourth-order valence-electron chi connectivity index (χ4n) is 2.80. The van der Waals surface area contributed by atoms with Crippen molar-refractivity contribution in [2.24, 2.45) is 10.7 Å². The minimum atomic E-state index is -0.370. The van der Waals surface area contributed by atoms with Crippen molar-refractivity contribution in [1.82, 2.24) is 4.48 Å². The SMILES string of the molecule is CCl.C[N+](C)(C)c1cccc(N=C2C=C(N)c3c(O)c(Br)cc(N)c3C2=O)c1. The largest absolute Gasteiger partial charge is 0.506 e. The van der Waals surface area contributed by atoms with Gasteiger partial charge in [0.25, 0.3) is 0 Å². The molecule has 0 unspecified atom stereocenters. The molecule has 5 N–H and O–H groups in total. The van der Waals surface area contributed by atoms with Crippen molar-refractivity contribution in [3.8, 4) is 5.75 Å². The number of hydrogen-bond donors (Lipinski definition) is 3. The van der Waals surface area contributed by atoms with E-state index in [9.17, 15) is 9.90 Å². The number of phenolic OH excluding ortho intramolecular Hbond substituents is 1. The number of aromatic hydroxyl groups is 1. The van der Waals surface area contributed by atoms with Crippen molar-refractivity contribution in [3.05, 3.63) is 52.0 Å². The van der Waals surface area contributed by atoms with Gasteiger partial charge in [0.15, 0.2) is 0 Å². The number of phenols is 1. The number of carbonyl (C=O) groups excluding carboxylic acids is 1. The molecule has 0 fully saturated rings. The van der Waals surface area contributed by atoms with E-state index in [-0.39, 0.29) is 39.8 Å². The average molecular weight is 467 g/mol. The Hall–Kier alpha value is -2.35. The van der Waals surface area contributed by atoms with E-state index in [1.807, 2.05) is 45.4 Å². The van der Waals surface area contributed by atoms with Crippen LogP contribution in [0.5, 0.6) is 5.75 Å². The summed E-state index contributed by atoms with van der Waals surface area (Å²) < 4.78 is 1.01.